The Balaban J connectivity index is 1.60. The summed E-state index contributed by atoms with van der Waals surface area (Å²) in [7, 11) is 6.14. The number of unbranched alkanes of at least 4 members (excludes halogenated alkanes) is 1. The molecule has 4 aromatic rings. The first-order valence-electron chi connectivity index (χ1n) is 32.8. The van der Waals surface area contributed by atoms with Crippen LogP contribution in [0.2, 0.25) is 0 Å². The summed E-state index contributed by atoms with van der Waals surface area (Å²) < 4.78 is 5.31. The molecule has 1 saturated heterocycles. The number of nitrogens with one attached hydrogen (secondary N) is 6. The number of likely N-dealkylation sites (N-methyl/N-ethyl adjacent to an activating group) is 5. The third-order valence-electron chi connectivity index (χ3n) is 17.1. The van der Waals surface area contributed by atoms with Crippen LogP contribution in [0.15, 0.2) is 121 Å². The molecule has 0 aliphatic carbocycles. The Kier molecular flexibility index (Phi) is 31.1. The van der Waals surface area contributed by atoms with E-state index in [2.05, 4.69) is 43.6 Å². The highest BCUT2D eigenvalue weighted by Crippen LogP contribution is 2.44. The van der Waals surface area contributed by atoms with Crippen molar-refractivity contribution in [3.05, 3.63) is 144 Å². The predicted octanol–water partition coefficient (Wildman–Crippen LogP) is 4.14. The summed E-state index contributed by atoms with van der Waals surface area (Å²) in [5.74, 6) is -8.56. The maximum Gasteiger partial charge on any atom is 0.405 e. The van der Waals surface area contributed by atoms with Gasteiger partial charge in [-0.3, -0.25) is 47.9 Å². The van der Waals surface area contributed by atoms with Gasteiger partial charge in [-0.15, -0.1) is 21.6 Å². The molecule has 11 amide bonds. The van der Waals surface area contributed by atoms with Gasteiger partial charge in [0.15, 0.2) is 6.61 Å². The molecule has 1 aliphatic rings. The van der Waals surface area contributed by atoms with Gasteiger partial charge in [0.25, 0.3) is 5.91 Å². The minimum Gasteiger partial charge on any atom is -0.465 e. The highest BCUT2D eigenvalue weighted by atomic mass is 33.1. The van der Waals surface area contributed by atoms with Crippen molar-refractivity contribution in [1.82, 2.24) is 56.4 Å². The molecular weight excluding hydrogens is 1290 g/mol. The highest BCUT2D eigenvalue weighted by Gasteiger charge is 2.40. The molecule has 98 heavy (non-hydrogen) atoms. The van der Waals surface area contributed by atoms with E-state index in [1.807, 2.05) is 34.6 Å². The summed E-state index contributed by atoms with van der Waals surface area (Å²) >= 11 is 4.67. The van der Waals surface area contributed by atoms with Gasteiger partial charge in [0.1, 0.15) is 54.4 Å². The molecule has 7 N–H and O–H groups in total. The standard InChI is InChI=1S/C71H98N11O14S2/c1-45(2)37-56-64(88)75-53(38-48-27-17-13-18-28-48)67(91)78(8)42-59(83)80(10)57(40-50-31-21-15-22-32-50)63(87)73-46(3)66(90)79(9)47(4)61(85)76-54(39-49-29-19-14-20-30-49)69(93)96-43-60(84)81(11)58(41-51-33-23-16-24-34-51)65(89)74-52(68(92)82(56)12)35-25-26-36-72-62(86)55(77-70(94)95)44-98(97)71(5,6)7/h13-24,27-34,45-47,52-58,77,97H,25-26,35-44H2,1-12H3,(H,72,86)(H,73,87)(H,74,89)(H,75,88)(H,76,85)(H,94,95)/t46-,47-,52-,53-,54-,55-,56-,57-,58-/m0/s1. The number of benzene rings is 4. The largest absolute Gasteiger partial charge is 0.465 e. The number of nitrogens with zero attached hydrogens (tertiary/aromatic N) is 5. The molecule has 5 rings (SSSR count). The number of carboxylic acid groups (broad SMARTS) is 1. The van der Waals surface area contributed by atoms with Crippen LogP contribution in [0.3, 0.4) is 0 Å². The maximum absolute atomic E-state index is 15.4. The van der Waals surface area contributed by atoms with E-state index in [4.69, 9.17) is 4.74 Å². The van der Waals surface area contributed by atoms with E-state index in [1.165, 1.54) is 58.9 Å². The number of hydrogen-bond acceptors (Lipinski definition) is 14. The molecule has 4 aromatic carbocycles. The number of esters is 1. The third kappa shape index (κ3) is 24.5. The van der Waals surface area contributed by atoms with Gasteiger partial charge in [-0.05, 0) is 67.7 Å². The first-order valence-corrected chi connectivity index (χ1v) is 35.2. The molecule has 1 aliphatic heterocycles. The lowest BCUT2D eigenvalue weighted by Gasteiger charge is -2.35. The maximum atomic E-state index is 15.4. The Bertz CT molecular complexity index is 3370. The Morgan fingerprint density at radius 2 is 1.02 bits per heavy atom. The van der Waals surface area contributed by atoms with Crippen molar-refractivity contribution in [2.24, 2.45) is 5.92 Å². The van der Waals surface area contributed by atoms with Crippen LogP contribution in [0.5, 0.6) is 0 Å². The van der Waals surface area contributed by atoms with Crippen molar-refractivity contribution in [2.45, 2.75) is 159 Å². The van der Waals surface area contributed by atoms with Gasteiger partial charge in [-0.2, -0.15) is 0 Å². The van der Waals surface area contributed by atoms with E-state index in [1.54, 1.807) is 121 Å². The van der Waals surface area contributed by atoms with E-state index in [-0.39, 0.29) is 74.3 Å². The zero-order chi connectivity index (χ0) is 72.6. The van der Waals surface area contributed by atoms with Crippen molar-refractivity contribution < 1.29 is 67.4 Å². The second kappa shape index (κ2) is 38.2. The summed E-state index contributed by atoms with van der Waals surface area (Å²) in [6.45, 7) is 10.8. The molecule has 1 radical (unpaired) electrons. The number of thiol groups is 1. The van der Waals surface area contributed by atoms with Crippen molar-refractivity contribution in [3.63, 3.8) is 0 Å². The first-order chi connectivity index (χ1) is 46.3. The zero-order valence-electron chi connectivity index (χ0n) is 58.2. The van der Waals surface area contributed by atoms with Crippen LogP contribution >= 0.6 is 21.6 Å². The van der Waals surface area contributed by atoms with Crippen molar-refractivity contribution in [3.8, 4) is 0 Å². The van der Waals surface area contributed by atoms with E-state index in [9.17, 15) is 48.3 Å². The van der Waals surface area contributed by atoms with E-state index < -0.39 is 149 Å². The minimum absolute atomic E-state index is 0.0177. The van der Waals surface area contributed by atoms with Crippen LogP contribution < -0.4 is 31.9 Å². The lowest BCUT2D eigenvalue weighted by atomic mass is 9.98. The molecule has 27 heteroatoms. The molecule has 9 atom stereocenters. The van der Waals surface area contributed by atoms with Crippen LogP contribution in [0.4, 0.5) is 4.79 Å². The SMILES string of the molecule is CC(C)C[C@H]1C(=O)N[C@@H](Cc2ccccc2)C(=O)N(C)CC(=O)N(C)[C@@H](Cc2ccccc2)C(=O)N[C@@H](C)C(=O)N(C)[C@@H](C)C(=O)N[C@@H](Cc2ccccc2)C(=O)OCC(=O)N(C)[C@@H](Cc2ccccc2)C(=O)N[C@@H](CCCCNC(=O)[C@H](C[S](S)C(C)(C)C)NC(=O)O)C(=O)N1C. The summed E-state index contributed by atoms with van der Waals surface area (Å²) in [5, 5.41) is 25.8. The fourth-order valence-electron chi connectivity index (χ4n) is 10.9. The molecule has 1 heterocycles. The fraction of sp³-hybridized carbons (Fsp3) is 0.493. The Hall–Kier alpha value is -8.98. The number of amides is 11. The van der Waals surface area contributed by atoms with Crippen molar-refractivity contribution in [2.75, 3.05) is 60.7 Å². The van der Waals surface area contributed by atoms with Gasteiger partial charge in [0.05, 0.1) is 6.54 Å². The minimum atomic E-state index is -1.43. The lowest BCUT2D eigenvalue weighted by Crippen LogP contribution is -2.60. The Morgan fingerprint density at radius 3 is 1.51 bits per heavy atom. The Labute approximate surface area is 582 Å². The summed E-state index contributed by atoms with van der Waals surface area (Å²) in [6, 6.07) is 23.1. The quantitative estimate of drug-likeness (QED) is 0.0283. The molecule has 0 bridgehead atoms. The van der Waals surface area contributed by atoms with Crippen LogP contribution in [-0.2, 0) is 83.2 Å². The summed E-state index contributed by atoms with van der Waals surface area (Å²) in [6.07, 6.45) is -1.40. The lowest BCUT2D eigenvalue weighted by molar-refractivity contribution is -0.156. The first kappa shape index (κ1) is 79.7. The van der Waals surface area contributed by atoms with E-state index in [0.29, 0.717) is 22.3 Å². The second-order valence-electron chi connectivity index (χ2n) is 26.2. The molecule has 25 nitrogen and oxygen atoms in total. The number of hydrogen-bond donors (Lipinski definition) is 8. The normalized spacial score (nSPS) is 22.0. The van der Waals surface area contributed by atoms with Gasteiger partial charge in [-0.1, -0.05) is 156 Å². The Morgan fingerprint density at radius 1 is 0.571 bits per heavy atom. The number of rotatable bonds is 19. The number of carbonyl (C=O) groups excluding carboxylic acids is 11. The summed E-state index contributed by atoms with van der Waals surface area (Å²) in [5.41, 5.74) is 2.49. The van der Waals surface area contributed by atoms with Crippen LogP contribution in [-0.4, -0.2) is 221 Å². The van der Waals surface area contributed by atoms with Gasteiger partial charge in [0, 0.05) is 78.0 Å². The highest BCUT2D eigenvalue weighted by molar-refractivity contribution is 8.78. The molecule has 0 spiro atoms. The van der Waals surface area contributed by atoms with Gasteiger partial charge < -0.3 is 66.2 Å². The third-order valence-corrected chi connectivity index (χ3v) is 21.2. The van der Waals surface area contributed by atoms with Gasteiger partial charge >= 0.3 is 12.1 Å². The van der Waals surface area contributed by atoms with Gasteiger partial charge in [-0.25, -0.2) is 9.59 Å². The predicted molar refractivity (Wildman–Crippen MR) is 377 cm³/mol. The topological polar surface area (TPSA) is 323 Å². The molecule has 0 aromatic heterocycles. The number of carbonyl (C=O) groups is 12. The molecule has 1 fully saturated rings. The average molecular weight is 1390 g/mol. The van der Waals surface area contributed by atoms with Gasteiger partial charge in [0.2, 0.25) is 53.2 Å². The molecular formula is C71H98N11O14S2. The fourth-order valence-corrected chi connectivity index (χ4v) is 12.4. The van der Waals surface area contributed by atoms with Crippen molar-refractivity contribution >= 4 is 92.7 Å². The van der Waals surface area contributed by atoms with Crippen molar-refractivity contribution in [1.29, 1.82) is 0 Å². The second-order valence-corrected chi connectivity index (χ2v) is 29.8. The number of ether oxygens (including phenoxy) is 1. The zero-order valence-corrected chi connectivity index (χ0v) is 59.9. The summed E-state index contributed by atoms with van der Waals surface area (Å²) in [4.78, 5) is 178. The van der Waals surface area contributed by atoms with E-state index >= 15 is 14.4 Å². The van der Waals surface area contributed by atoms with E-state index in [0.717, 1.165) is 14.7 Å². The average Bonchev–Trinajstić information content (AvgIpc) is 0.833. The molecule has 533 valence electrons. The van der Waals surface area contributed by atoms with Crippen LogP contribution in [0, 0.1) is 5.92 Å². The molecule has 0 unspecified atom stereocenters. The monoisotopic (exact) mass is 1390 g/mol. The van der Waals surface area contributed by atoms with Crippen LogP contribution in [0.1, 0.15) is 96.4 Å². The van der Waals surface area contributed by atoms with Crippen LogP contribution in [0.25, 0.3) is 0 Å². The smallest absolute Gasteiger partial charge is 0.405 e. The number of cyclic esters (lactones) is 1. The molecule has 0 saturated carbocycles.